The van der Waals surface area contributed by atoms with Crippen molar-refractivity contribution in [2.75, 3.05) is 20.8 Å². The summed E-state index contributed by atoms with van der Waals surface area (Å²) in [5.41, 5.74) is 4.64. The molecule has 0 aliphatic carbocycles. The Labute approximate surface area is 93.8 Å². The molecule has 1 unspecified atom stereocenters. The van der Waals surface area contributed by atoms with Gasteiger partial charge in [0, 0.05) is 5.56 Å². The van der Waals surface area contributed by atoms with Crippen molar-refractivity contribution in [3.8, 4) is 5.75 Å². The zero-order valence-electron chi connectivity index (χ0n) is 9.27. The zero-order chi connectivity index (χ0) is 12.2. The third-order valence-corrected chi connectivity index (χ3v) is 2.39. The maximum atomic E-state index is 11.6. The van der Waals surface area contributed by atoms with Gasteiger partial charge in [0.2, 0.25) is 0 Å². The molecule has 0 radical (unpaired) electrons. The highest BCUT2D eigenvalue weighted by molar-refractivity contribution is 5.83. The molecular formula is C11H15NO4. The van der Waals surface area contributed by atoms with Crippen molar-refractivity contribution in [2.45, 2.75) is 5.54 Å². The normalized spacial score (nSPS) is 14.0. The molecule has 0 heterocycles. The predicted molar refractivity (Wildman–Crippen MR) is 58.0 cm³/mol. The number of carbonyl (C=O) groups excluding carboxylic acids is 1. The maximum absolute atomic E-state index is 11.6. The Hall–Kier alpha value is -1.59. The van der Waals surface area contributed by atoms with Gasteiger partial charge in [-0.25, -0.2) is 4.79 Å². The number of esters is 1. The molecule has 5 heteroatoms. The number of carbonyl (C=O) groups is 1. The summed E-state index contributed by atoms with van der Waals surface area (Å²) in [6.07, 6.45) is 0. The van der Waals surface area contributed by atoms with Crippen LogP contribution >= 0.6 is 0 Å². The Balaban J connectivity index is 3.27. The van der Waals surface area contributed by atoms with Gasteiger partial charge in [0.15, 0.2) is 5.54 Å². The number of aliphatic hydroxyl groups excluding tert-OH is 1. The molecule has 0 saturated carbocycles. The standard InChI is InChI=1S/C11H15NO4/c1-15-9-6-4-3-5-8(9)11(12,7-13)10(14)16-2/h3-6,13H,7,12H2,1-2H3. The minimum atomic E-state index is -1.60. The van der Waals surface area contributed by atoms with Gasteiger partial charge in [0.1, 0.15) is 5.75 Å². The SMILES string of the molecule is COC(=O)C(N)(CO)c1ccccc1OC. The van der Waals surface area contributed by atoms with E-state index in [4.69, 9.17) is 10.5 Å². The number of nitrogens with two attached hydrogens (primary N) is 1. The average Bonchev–Trinajstić information content (AvgIpc) is 2.36. The second-order valence-corrected chi connectivity index (χ2v) is 3.32. The Kier molecular flexibility index (Phi) is 3.87. The van der Waals surface area contributed by atoms with E-state index in [1.807, 2.05) is 0 Å². The number of methoxy groups -OCH3 is 2. The summed E-state index contributed by atoms with van der Waals surface area (Å²) >= 11 is 0. The molecule has 1 rings (SSSR count). The first-order valence-electron chi connectivity index (χ1n) is 4.71. The average molecular weight is 225 g/mol. The molecule has 0 bridgehead atoms. The topological polar surface area (TPSA) is 81.8 Å². The monoisotopic (exact) mass is 225 g/mol. The van der Waals surface area contributed by atoms with Gasteiger partial charge in [-0.3, -0.25) is 0 Å². The lowest BCUT2D eigenvalue weighted by atomic mass is 9.91. The molecule has 0 amide bonds. The van der Waals surface area contributed by atoms with Crippen LogP contribution in [0.1, 0.15) is 5.56 Å². The van der Waals surface area contributed by atoms with Crippen LogP contribution in [0.25, 0.3) is 0 Å². The van der Waals surface area contributed by atoms with Gasteiger partial charge >= 0.3 is 5.97 Å². The molecular weight excluding hydrogens is 210 g/mol. The fraction of sp³-hybridized carbons (Fsp3) is 0.364. The van der Waals surface area contributed by atoms with Crippen LogP contribution in [0.5, 0.6) is 5.75 Å². The quantitative estimate of drug-likeness (QED) is 0.706. The molecule has 5 nitrogen and oxygen atoms in total. The highest BCUT2D eigenvalue weighted by Crippen LogP contribution is 2.28. The van der Waals surface area contributed by atoms with E-state index in [-0.39, 0.29) is 0 Å². The van der Waals surface area contributed by atoms with E-state index in [0.717, 1.165) is 0 Å². The third-order valence-electron chi connectivity index (χ3n) is 2.39. The number of hydrogen-bond donors (Lipinski definition) is 2. The van der Waals surface area contributed by atoms with Crippen LogP contribution in [0.15, 0.2) is 24.3 Å². The van der Waals surface area contributed by atoms with Gasteiger partial charge < -0.3 is 20.3 Å². The minimum absolute atomic E-state index is 0.395. The molecule has 0 saturated heterocycles. The van der Waals surface area contributed by atoms with Gasteiger partial charge in [0.25, 0.3) is 0 Å². The first-order chi connectivity index (χ1) is 7.60. The van der Waals surface area contributed by atoms with Crippen molar-refractivity contribution in [3.05, 3.63) is 29.8 Å². The van der Waals surface area contributed by atoms with E-state index in [9.17, 15) is 9.90 Å². The summed E-state index contributed by atoms with van der Waals surface area (Å²) in [5, 5.41) is 9.28. The zero-order valence-corrected chi connectivity index (χ0v) is 9.27. The summed E-state index contributed by atoms with van der Waals surface area (Å²) in [4.78, 5) is 11.6. The summed E-state index contributed by atoms with van der Waals surface area (Å²) in [7, 11) is 2.68. The largest absolute Gasteiger partial charge is 0.496 e. The Bertz CT molecular complexity index is 380. The van der Waals surface area contributed by atoms with Gasteiger partial charge in [0.05, 0.1) is 20.8 Å². The highest BCUT2D eigenvalue weighted by Gasteiger charge is 2.39. The van der Waals surface area contributed by atoms with E-state index in [0.29, 0.717) is 11.3 Å². The van der Waals surface area contributed by atoms with Crippen molar-refractivity contribution in [1.82, 2.24) is 0 Å². The molecule has 0 aromatic heterocycles. The summed E-state index contributed by atoms with van der Waals surface area (Å²) in [6.45, 7) is -0.556. The van der Waals surface area contributed by atoms with Crippen molar-refractivity contribution < 1.29 is 19.4 Å². The smallest absolute Gasteiger partial charge is 0.333 e. The molecule has 16 heavy (non-hydrogen) atoms. The lowest BCUT2D eigenvalue weighted by Gasteiger charge is -2.26. The van der Waals surface area contributed by atoms with Crippen LogP contribution in [-0.4, -0.2) is 31.9 Å². The van der Waals surface area contributed by atoms with Gasteiger partial charge in [-0.1, -0.05) is 18.2 Å². The molecule has 1 atom stereocenters. The van der Waals surface area contributed by atoms with E-state index >= 15 is 0 Å². The van der Waals surface area contributed by atoms with E-state index in [1.165, 1.54) is 14.2 Å². The second-order valence-electron chi connectivity index (χ2n) is 3.32. The van der Waals surface area contributed by atoms with Gasteiger partial charge in [-0.2, -0.15) is 0 Å². The van der Waals surface area contributed by atoms with Crippen molar-refractivity contribution in [3.63, 3.8) is 0 Å². The van der Waals surface area contributed by atoms with Crippen molar-refractivity contribution in [1.29, 1.82) is 0 Å². The molecule has 3 N–H and O–H groups in total. The van der Waals surface area contributed by atoms with Crippen LogP contribution in [0, 0.1) is 0 Å². The van der Waals surface area contributed by atoms with E-state index in [1.54, 1.807) is 24.3 Å². The predicted octanol–water partition coefficient (Wildman–Crippen LogP) is 0.0145. The summed E-state index contributed by atoms with van der Waals surface area (Å²) in [6, 6.07) is 6.73. The fourth-order valence-corrected chi connectivity index (χ4v) is 1.45. The fourth-order valence-electron chi connectivity index (χ4n) is 1.45. The number of benzene rings is 1. The maximum Gasteiger partial charge on any atom is 0.333 e. The van der Waals surface area contributed by atoms with Crippen LogP contribution in [0.2, 0.25) is 0 Å². The molecule has 0 aliphatic rings. The molecule has 0 spiro atoms. The van der Waals surface area contributed by atoms with E-state index < -0.39 is 18.1 Å². The van der Waals surface area contributed by atoms with Crippen LogP contribution in [0.4, 0.5) is 0 Å². The number of ether oxygens (including phenoxy) is 2. The van der Waals surface area contributed by atoms with Crippen LogP contribution < -0.4 is 10.5 Å². The third kappa shape index (κ3) is 2.00. The lowest BCUT2D eigenvalue weighted by Crippen LogP contribution is -2.49. The molecule has 1 aromatic carbocycles. The lowest BCUT2D eigenvalue weighted by molar-refractivity contribution is -0.149. The Morgan fingerprint density at radius 3 is 2.56 bits per heavy atom. The first kappa shape index (κ1) is 12.5. The summed E-state index contributed by atoms with van der Waals surface area (Å²) in [5.74, 6) is -0.274. The second kappa shape index (κ2) is 4.96. The number of hydrogen-bond acceptors (Lipinski definition) is 5. The van der Waals surface area contributed by atoms with Gasteiger partial charge in [-0.15, -0.1) is 0 Å². The number of para-hydroxylation sites is 1. The molecule has 88 valence electrons. The number of rotatable bonds is 4. The van der Waals surface area contributed by atoms with Gasteiger partial charge in [-0.05, 0) is 6.07 Å². The van der Waals surface area contributed by atoms with Crippen molar-refractivity contribution in [2.24, 2.45) is 5.73 Å². The summed E-state index contributed by atoms with van der Waals surface area (Å²) < 4.78 is 9.67. The minimum Gasteiger partial charge on any atom is -0.496 e. The Morgan fingerprint density at radius 2 is 2.06 bits per heavy atom. The highest BCUT2D eigenvalue weighted by atomic mass is 16.5. The molecule has 0 aliphatic heterocycles. The molecule has 0 fully saturated rings. The molecule has 1 aromatic rings. The van der Waals surface area contributed by atoms with E-state index in [2.05, 4.69) is 4.74 Å². The van der Waals surface area contributed by atoms with Crippen LogP contribution in [-0.2, 0) is 15.1 Å². The number of aliphatic hydroxyl groups is 1. The van der Waals surface area contributed by atoms with Crippen molar-refractivity contribution >= 4 is 5.97 Å². The Morgan fingerprint density at radius 1 is 1.44 bits per heavy atom. The first-order valence-corrected chi connectivity index (χ1v) is 4.71. The van der Waals surface area contributed by atoms with Crippen LogP contribution in [0.3, 0.4) is 0 Å².